The number of amidine groups is 1. The molecule has 0 bridgehead atoms. The van der Waals surface area contributed by atoms with Crippen molar-refractivity contribution in [3.63, 3.8) is 0 Å². The molecule has 1 aromatic heterocycles. The predicted octanol–water partition coefficient (Wildman–Crippen LogP) is 3.81. The van der Waals surface area contributed by atoms with Gasteiger partial charge in [0.1, 0.15) is 11.5 Å². The van der Waals surface area contributed by atoms with E-state index in [0.717, 1.165) is 41.0 Å². The minimum absolute atomic E-state index is 0. The Morgan fingerprint density at radius 2 is 2.00 bits per heavy atom. The Balaban J connectivity index is 0.00000133. The molecule has 0 amide bonds. The molecular formula is C14H17ClN4. The maximum Gasteiger partial charge on any atom is 0.121 e. The van der Waals surface area contributed by atoms with Crippen LogP contribution in [0.3, 0.4) is 0 Å². The van der Waals surface area contributed by atoms with Gasteiger partial charge in [0.2, 0.25) is 0 Å². The van der Waals surface area contributed by atoms with Crippen molar-refractivity contribution in [2.45, 2.75) is 26.2 Å². The molecule has 0 spiro atoms. The molecule has 5 heteroatoms. The first-order chi connectivity index (χ1) is 8.88. The minimum Gasteiger partial charge on any atom is -0.297 e. The van der Waals surface area contributed by atoms with E-state index in [1.54, 1.807) is 0 Å². The first-order valence-corrected chi connectivity index (χ1v) is 6.36. The number of aromatic nitrogens is 1. The van der Waals surface area contributed by atoms with Crippen LogP contribution in [0.1, 0.15) is 26.2 Å². The van der Waals surface area contributed by atoms with E-state index >= 15 is 0 Å². The Hall–Kier alpha value is -1.81. The second-order valence-corrected chi connectivity index (χ2v) is 4.45. The molecule has 0 unspecified atom stereocenters. The zero-order chi connectivity index (χ0) is 12.4. The van der Waals surface area contributed by atoms with Crippen LogP contribution in [0.4, 0.5) is 11.4 Å². The van der Waals surface area contributed by atoms with E-state index in [4.69, 9.17) is 0 Å². The molecule has 3 rings (SSSR count). The van der Waals surface area contributed by atoms with Crippen molar-refractivity contribution in [2.75, 3.05) is 5.43 Å². The second kappa shape index (κ2) is 5.89. The van der Waals surface area contributed by atoms with Gasteiger partial charge in [-0.15, -0.1) is 12.4 Å². The van der Waals surface area contributed by atoms with Gasteiger partial charge in [-0.25, -0.2) is 4.99 Å². The Morgan fingerprint density at radius 1 is 1.16 bits per heavy atom. The van der Waals surface area contributed by atoms with Crippen molar-refractivity contribution in [1.29, 1.82) is 0 Å². The van der Waals surface area contributed by atoms with Crippen LogP contribution in [0.15, 0.2) is 35.5 Å². The molecule has 1 aromatic carbocycles. The van der Waals surface area contributed by atoms with Gasteiger partial charge in [0.05, 0.1) is 17.4 Å². The van der Waals surface area contributed by atoms with Crippen molar-refractivity contribution in [2.24, 2.45) is 4.99 Å². The van der Waals surface area contributed by atoms with Crippen LogP contribution in [0.2, 0.25) is 0 Å². The first kappa shape index (κ1) is 13.6. The van der Waals surface area contributed by atoms with Gasteiger partial charge in [0, 0.05) is 11.8 Å². The average Bonchev–Trinajstić information content (AvgIpc) is 2.44. The van der Waals surface area contributed by atoms with Gasteiger partial charge in [-0.1, -0.05) is 31.5 Å². The summed E-state index contributed by atoms with van der Waals surface area (Å²) in [5.74, 6) is 0.987. The molecule has 2 aromatic rings. The van der Waals surface area contributed by atoms with E-state index in [0.29, 0.717) is 0 Å². The van der Waals surface area contributed by atoms with Crippen LogP contribution in [0.5, 0.6) is 0 Å². The zero-order valence-electron chi connectivity index (χ0n) is 10.8. The van der Waals surface area contributed by atoms with Crippen molar-refractivity contribution >= 4 is 40.5 Å². The highest BCUT2D eigenvalue weighted by Gasteiger charge is 2.13. The van der Waals surface area contributed by atoms with Gasteiger partial charge < -0.3 is 0 Å². The number of benzene rings is 1. The number of pyridine rings is 1. The highest BCUT2D eigenvalue weighted by Crippen LogP contribution is 2.33. The van der Waals surface area contributed by atoms with Gasteiger partial charge in [0.15, 0.2) is 0 Å². The Labute approximate surface area is 118 Å². The summed E-state index contributed by atoms with van der Waals surface area (Å²) in [4.78, 5) is 9.05. The highest BCUT2D eigenvalue weighted by molar-refractivity contribution is 6.01. The summed E-state index contributed by atoms with van der Waals surface area (Å²) in [6.45, 7) is 2.18. The van der Waals surface area contributed by atoms with Gasteiger partial charge in [0.25, 0.3) is 0 Å². The zero-order valence-corrected chi connectivity index (χ0v) is 11.6. The lowest BCUT2D eigenvalue weighted by Gasteiger charge is -2.20. The van der Waals surface area contributed by atoms with Crippen LogP contribution in [0.25, 0.3) is 10.9 Å². The Bertz CT molecular complexity index is 609. The average molecular weight is 277 g/mol. The number of halogens is 1. The first-order valence-electron chi connectivity index (χ1n) is 6.36. The van der Waals surface area contributed by atoms with Crippen LogP contribution >= 0.6 is 12.4 Å². The number of hydrazine groups is 1. The normalized spacial score (nSPS) is 12.8. The molecule has 0 aliphatic carbocycles. The second-order valence-electron chi connectivity index (χ2n) is 4.45. The number of fused-ring (bicyclic) bond motifs is 3. The smallest absolute Gasteiger partial charge is 0.121 e. The quantitative estimate of drug-likeness (QED) is 0.896. The fourth-order valence-corrected chi connectivity index (χ4v) is 2.12. The number of nitrogens with one attached hydrogen (secondary N) is 2. The van der Waals surface area contributed by atoms with Crippen molar-refractivity contribution in [3.05, 3.63) is 30.5 Å². The number of unbranched alkanes of at least 4 members (excludes halogenated alkanes) is 1. The number of rotatable bonds is 3. The molecule has 2 N–H and O–H groups in total. The van der Waals surface area contributed by atoms with Crippen molar-refractivity contribution in [1.82, 2.24) is 10.4 Å². The van der Waals surface area contributed by atoms with Crippen molar-refractivity contribution in [3.8, 4) is 0 Å². The van der Waals surface area contributed by atoms with Crippen molar-refractivity contribution < 1.29 is 0 Å². The third-order valence-electron chi connectivity index (χ3n) is 3.11. The summed E-state index contributed by atoms with van der Waals surface area (Å²) >= 11 is 0. The lowest BCUT2D eigenvalue weighted by atomic mass is 10.1. The highest BCUT2D eigenvalue weighted by atomic mass is 35.5. The van der Waals surface area contributed by atoms with Gasteiger partial charge in [-0.2, -0.15) is 0 Å². The number of para-hydroxylation sites is 1. The molecule has 1 aliphatic heterocycles. The molecule has 0 radical (unpaired) electrons. The van der Waals surface area contributed by atoms with Crippen LogP contribution in [0, 0.1) is 0 Å². The maximum atomic E-state index is 4.61. The summed E-state index contributed by atoms with van der Waals surface area (Å²) in [5.41, 5.74) is 9.33. The molecule has 0 atom stereocenters. The molecule has 1 aliphatic rings. The maximum absolute atomic E-state index is 4.61. The van der Waals surface area contributed by atoms with Gasteiger partial charge >= 0.3 is 0 Å². The lowest BCUT2D eigenvalue weighted by molar-refractivity contribution is 0.814. The molecule has 0 fully saturated rings. The molecule has 2 heterocycles. The molecule has 0 saturated carbocycles. The third kappa shape index (κ3) is 2.63. The Morgan fingerprint density at radius 3 is 2.84 bits per heavy atom. The van der Waals surface area contributed by atoms with E-state index in [-0.39, 0.29) is 12.4 Å². The van der Waals surface area contributed by atoms with Crippen LogP contribution in [-0.4, -0.2) is 10.8 Å². The Kier molecular flexibility index (Phi) is 4.22. The van der Waals surface area contributed by atoms with E-state index < -0.39 is 0 Å². The van der Waals surface area contributed by atoms with E-state index in [9.17, 15) is 0 Å². The number of nitrogens with zero attached hydrogens (tertiary/aromatic N) is 2. The molecule has 100 valence electrons. The summed E-state index contributed by atoms with van der Waals surface area (Å²) in [7, 11) is 0. The van der Waals surface area contributed by atoms with E-state index in [2.05, 4.69) is 33.8 Å². The fraction of sp³-hybridized carbons (Fsp3) is 0.286. The molecule has 4 nitrogen and oxygen atoms in total. The van der Waals surface area contributed by atoms with Gasteiger partial charge in [-0.05, 0) is 12.5 Å². The topological polar surface area (TPSA) is 49.3 Å². The van der Waals surface area contributed by atoms with Gasteiger partial charge in [-0.3, -0.25) is 15.8 Å². The van der Waals surface area contributed by atoms with E-state index in [1.165, 1.54) is 6.42 Å². The van der Waals surface area contributed by atoms with E-state index in [1.807, 2.05) is 24.4 Å². The third-order valence-corrected chi connectivity index (χ3v) is 3.11. The number of aliphatic imine (C=N–C) groups is 1. The SMILES string of the molecule is CCCCC1=Nc2cnc3ccccc3c2NN1.Cl. The van der Waals surface area contributed by atoms with Crippen LogP contribution in [-0.2, 0) is 0 Å². The molecule has 0 saturated heterocycles. The summed E-state index contributed by atoms with van der Waals surface area (Å²) in [5, 5.41) is 1.10. The fourth-order valence-electron chi connectivity index (χ4n) is 2.12. The standard InChI is InChI=1S/C14H16N4.ClH/c1-2-3-8-13-16-12-9-15-11-7-5-4-6-10(11)14(12)18-17-13;/h4-7,9,18H,2-3,8H2,1H3,(H,16,17);1H. The summed E-state index contributed by atoms with van der Waals surface area (Å²) < 4.78 is 0. The monoisotopic (exact) mass is 276 g/mol. The lowest BCUT2D eigenvalue weighted by Crippen LogP contribution is -2.32. The number of hydrogen-bond acceptors (Lipinski definition) is 4. The summed E-state index contributed by atoms with van der Waals surface area (Å²) in [6, 6.07) is 8.08. The molecule has 19 heavy (non-hydrogen) atoms. The van der Waals surface area contributed by atoms with Crippen LogP contribution < -0.4 is 10.9 Å². The number of hydrogen-bond donors (Lipinski definition) is 2. The summed E-state index contributed by atoms with van der Waals surface area (Å²) in [6.07, 6.45) is 5.11. The minimum atomic E-state index is 0. The predicted molar refractivity (Wildman–Crippen MR) is 82.4 cm³/mol. The largest absolute Gasteiger partial charge is 0.297 e. The number of anilines is 1. The molecular weight excluding hydrogens is 260 g/mol.